The molecule has 2 rings (SSSR count). The fraction of sp³-hybridized carbons (Fsp3) is 0.100. The molecule has 1 aromatic carbocycles. The molecule has 0 fully saturated rings. The van der Waals surface area contributed by atoms with Crippen molar-refractivity contribution in [3.05, 3.63) is 45.4 Å². The van der Waals surface area contributed by atoms with Crippen LogP contribution in [0, 0.1) is 11.7 Å². The molecule has 0 radical (unpaired) electrons. The Morgan fingerprint density at radius 1 is 1.36 bits per heavy atom. The molecule has 0 saturated heterocycles. The largest absolute Gasteiger partial charge is 0.335 e. The Labute approximate surface area is 95.7 Å². The Morgan fingerprint density at radius 2 is 2.07 bits per heavy atom. The smallest absolute Gasteiger partial charge is 0.182 e. The van der Waals surface area contributed by atoms with Crippen molar-refractivity contribution in [3.63, 3.8) is 0 Å². The summed E-state index contributed by atoms with van der Waals surface area (Å²) in [5.41, 5.74) is 2.12. The highest BCUT2D eigenvalue weighted by molar-refractivity contribution is 9.10. The summed E-state index contributed by atoms with van der Waals surface area (Å²) in [5.74, 6) is 0. The van der Waals surface area contributed by atoms with E-state index in [4.69, 9.17) is 12.2 Å². The number of H-pyrrole nitrogens is 1. The van der Waals surface area contributed by atoms with E-state index >= 15 is 0 Å². The lowest BCUT2D eigenvalue weighted by atomic mass is 10.3. The van der Waals surface area contributed by atoms with Gasteiger partial charge in [0, 0.05) is 16.4 Å². The topological polar surface area (TPSA) is 20.7 Å². The number of para-hydroxylation sites is 1. The SMILES string of the molecule is Cc1cn(-c2ccccc2Br)c(=S)[nH]1. The van der Waals surface area contributed by atoms with Gasteiger partial charge >= 0.3 is 0 Å². The Hall–Kier alpha value is -0.870. The van der Waals surface area contributed by atoms with Crippen LogP contribution in [0.25, 0.3) is 5.69 Å². The highest BCUT2D eigenvalue weighted by Gasteiger charge is 2.02. The van der Waals surface area contributed by atoms with Gasteiger partial charge in [-0.1, -0.05) is 12.1 Å². The normalized spacial score (nSPS) is 10.4. The molecule has 1 heterocycles. The Morgan fingerprint density at radius 3 is 2.64 bits per heavy atom. The molecule has 1 N–H and O–H groups in total. The summed E-state index contributed by atoms with van der Waals surface area (Å²) in [6.45, 7) is 1.99. The lowest BCUT2D eigenvalue weighted by molar-refractivity contribution is 1.02. The maximum absolute atomic E-state index is 5.20. The monoisotopic (exact) mass is 268 g/mol. The van der Waals surface area contributed by atoms with Crippen LogP contribution in [0.15, 0.2) is 34.9 Å². The van der Waals surface area contributed by atoms with Crippen LogP contribution in [0.5, 0.6) is 0 Å². The molecule has 0 bridgehead atoms. The molecular weight excluding hydrogens is 260 g/mol. The first-order chi connectivity index (χ1) is 6.68. The van der Waals surface area contributed by atoms with Crippen molar-refractivity contribution >= 4 is 28.1 Å². The Kier molecular flexibility index (Phi) is 2.56. The molecule has 0 atom stereocenters. The molecule has 0 saturated carbocycles. The maximum atomic E-state index is 5.20. The molecular formula is C10H9BrN2S. The van der Waals surface area contributed by atoms with E-state index in [1.165, 1.54) is 0 Å². The molecule has 2 nitrogen and oxygen atoms in total. The number of halogens is 1. The zero-order valence-electron chi connectivity index (χ0n) is 7.62. The lowest BCUT2D eigenvalue weighted by Gasteiger charge is -2.03. The van der Waals surface area contributed by atoms with Crippen molar-refractivity contribution < 1.29 is 0 Å². The number of aromatic amines is 1. The third-order valence-electron chi connectivity index (χ3n) is 1.96. The van der Waals surface area contributed by atoms with Gasteiger partial charge in [0.15, 0.2) is 4.77 Å². The second-order valence-electron chi connectivity index (χ2n) is 3.06. The predicted octanol–water partition coefficient (Wildman–Crippen LogP) is 3.61. The van der Waals surface area contributed by atoms with Crippen molar-refractivity contribution in [2.75, 3.05) is 0 Å². The summed E-state index contributed by atoms with van der Waals surface area (Å²) in [7, 11) is 0. The van der Waals surface area contributed by atoms with Crippen molar-refractivity contribution in [1.82, 2.24) is 9.55 Å². The minimum absolute atomic E-state index is 0.717. The molecule has 14 heavy (non-hydrogen) atoms. The van der Waals surface area contributed by atoms with Gasteiger partial charge in [-0.05, 0) is 47.2 Å². The van der Waals surface area contributed by atoms with Crippen molar-refractivity contribution in [3.8, 4) is 5.69 Å². The average Bonchev–Trinajstić information content (AvgIpc) is 2.46. The van der Waals surface area contributed by atoms with Gasteiger partial charge < -0.3 is 4.98 Å². The highest BCUT2D eigenvalue weighted by Crippen LogP contribution is 2.20. The van der Waals surface area contributed by atoms with Crippen molar-refractivity contribution in [2.24, 2.45) is 0 Å². The molecule has 0 unspecified atom stereocenters. The number of aryl methyl sites for hydroxylation is 1. The van der Waals surface area contributed by atoms with Crippen molar-refractivity contribution in [1.29, 1.82) is 0 Å². The summed E-state index contributed by atoms with van der Waals surface area (Å²) in [6, 6.07) is 7.99. The van der Waals surface area contributed by atoms with Gasteiger partial charge in [-0.2, -0.15) is 0 Å². The molecule has 0 aliphatic heterocycles. The minimum atomic E-state index is 0.717. The zero-order valence-corrected chi connectivity index (χ0v) is 10.0. The number of hydrogen-bond donors (Lipinski definition) is 1. The molecule has 4 heteroatoms. The number of nitrogens with zero attached hydrogens (tertiary/aromatic N) is 1. The Balaban J connectivity index is 2.66. The summed E-state index contributed by atoms with van der Waals surface area (Å²) in [5, 5.41) is 0. The second-order valence-corrected chi connectivity index (χ2v) is 4.30. The van der Waals surface area contributed by atoms with Gasteiger partial charge in [-0.25, -0.2) is 0 Å². The summed E-state index contributed by atoms with van der Waals surface area (Å²) < 4.78 is 3.71. The fourth-order valence-corrected chi connectivity index (χ4v) is 2.13. The second kappa shape index (κ2) is 3.71. The third kappa shape index (κ3) is 1.67. The van der Waals surface area contributed by atoms with E-state index < -0.39 is 0 Å². The molecule has 0 spiro atoms. The molecule has 0 amide bonds. The lowest BCUT2D eigenvalue weighted by Crippen LogP contribution is -1.92. The fourth-order valence-electron chi connectivity index (χ4n) is 1.34. The molecule has 0 aliphatic carbocycles. The van der Waals surface area contributed by atoms with E-state index in [1.807, 2.05) is 42.0 Å². The highest BCUT2D eigenvalue weighted by atomic mass is 79.9. The number of nitrogens with one attached hydrogen (secondary N) is 1. The van der Waals surface area contributed by atoms with Gasteiger partial charge in [0.1, 0.15) is 0 Å². The number of rotatable bonds is 1. The summed E-state index contributed by atoms with van der Waals surface area (Å²) in [4.78, 5) is 3.09. The van der Waals surface area contributed by atoms with Crippen LogP contribution in [0.1, 0.15) is 5.69 Å². The molecule has 2 aromatic rings. The third-order valence-corrected chi connectivity index (χ3v) is 2.93. The van der Waals surface area contributed by atoms with E-state index in [0.29, 0.717) is 0 Å². The average molecular weight is 269 g/mol. The maximum Gasteiger partial charge on any atom is 0.182 e. The van der Waals surface area contributed by atoms with Crippen LogP contribution in [0.3, 0.4) is 0 Å². The molecule has 72 valence electrons. The summed E-state index contributed by atoms with van der Waals surface area (Å²) in [6.07, 6.45) is 1.99. The first kappa shape index (κ1) is 9.68. The van der Waals surface area contributed by atoms with E-state index in [-0.39, 0.29) is 0 Å². The van der Waals surface area contributed by atoms with Gasteiger partial charge in [0.2, 0.25) is 0 Å². The van der Waals surface area contributed by atoms with Crippen LogP contribution in [-0.4, -0.2) is 9.55 Å². The Bertz CT molecular complexity index is 513. The number of aromatic nitrogens is 2. The minimum Gasteiger partial charge on any atom is -0.335 e. The number of imidazole rings is 1. The number of benzene rings is 1. The number of hydrogen-bond acceptors (Lipinski definition) is 1. The van der Waals surface area contributed by atoms with Gasteiger partial charge in [0.05, 0.1) is 5.69 Å². The van der Waals surface area contributed by atoms with E-state index in [9.17, 15) is 0 Å². The predicted molar refractivity (Wildman–Crippen MR) is 63.4 cm³/mol. The first-order valence-corrected chi connectivity index (χ1v) is 5.42. The quantitative estimate of drug-likeness (QED) is 0.784. The van der Waals surface area contributed by atoms with E-state index in [0.717, 1.165) is 20.6 Å². The standard InChI is InChI=1S/C10H9BrN2S/c1-7-6-13(10(14)12-7)9-5-3-2-4-8(9)11/h2-6H,1H3,(H,12,14). The van der Waals surface area contributed by atoms with Crippen LogP contribution >= 0.6 is 28.1 Å². The summed E-state index contributed by atoms with van der Waals surface area (Å²) >= 11 is 8.70. The van der Waals surface area contributed by atoms with Crippen LogP contribution < -0.4 is 0 Å². The zero-order chi connectivity index (χ0) is 10.1. The van der Waals surface area contributed by atoms with Crippen LogP contribution in [-0.2, 0) is 0 Å². The van der Waals surface area contributed by atoms with Crippen molar-refractivity contribution in [2.45, 2.75) is 6.92 Å². The van der Waals surface area contributed by atoms with Gasteiger partial charge in [0.25, 0.3) is 0 Å². The van der Waals surface area contributed by atoms with Gasteiger partial charge in [-0.3, -0.25) is 4.57 Å². The molecule has 0 aliphatic rings. The van der Waals surface area contributed by atoms with Crippen LogP contribution in [0.2, 0.25) is 0 Å². The van der Waals surface area contributed by atoms with Gasteiger partial charge in [-0.15, -0.1) is 0 Å². The first-order valence-electron chi connectivity index (χ1n) is 4.21. The molecule has 1 aromatic heterocycles. The van der Waals surface area contributed by atoms with E-state index in [1.54, 1.807) is 0 Å². The van der Waals surface area contributed by atoms with E-state index in [2.05, 4.69) is 20.9 Å². The van der Waals surface area contributed by atoms with Crippen LogP contribution in [0.4, 0.5) is 0 Å².